The van der Waals surface area contributed by atoms with Gasteiger partial charge in [0.2, 0.25) is 11.6 Å². The standard InChI is InChI=1S/C15H15NO3/c1-3-6-9(2)16-12-13(17)10-7-4-5-8-11(10)14(18)15(12)19/h4-8,16,19H,3H2,1-2H3/b9-6+. The molecule has 0 saturated carbocycles. The molecule has 1 aromatic rings. The first-order valence-electron chi connectivity index (χ1n) is 6.11. The van der Waals surface area contributed by atoms with Crippen LogP contribution in [0.25, 0.3) is 0 Å². The number of hydrogen-bond donors (Lipinski definition) is 2. The van der Waals surface area contributed by atoms with Crippen LogP contribution in [0, 0.1) is 0 Å². The van der Waals surface area contributed by atoms with E-state index in [1.54, 1.807) is 25.1 Å². The molecule has 0 heterocycles. The van der Waals surface area contributed by atoms with Gasteiger partial charge in [-0.3, -0.25) is 9.59 Å². The Hall–Kier alpha value is -2.36. The number of hydrogen-bond acceptors (Lipinski definition) is 4. The van der Waals surface area contributed by atoms with Crippen molar-refractivity contribution < 1.29 is 14.7 Å². The van der Waals surface area contributed by atoms with E-state index in [2.05, 4.69) is 5.32 Å². The molecule has 19 heavy (non-hydrogen) atoms. The molecule has 4 heteroatoms. The van der Waals surface area contributed by atoms with Gasteiger partial charge in [-0.1, -0.05) is 37.3 Å². The highest BCUT2D eigenvalue weighted by Gasteiger charge is 2.31. The van der Waals surface area contributed by atoms with Gasteiger partial charge in [0.15, 0.2) is 5.76 Å². The minimum atomic E-state index is -0.526. The molecule has 4 nitrogen and oxygen atoms in total. The average Bonchev–Trinajstić information content (AvgIpc) is 2.41. The number of aliphatic hydroxyl groups excluding tert-OH is 1. The Morgan fingerprint density at radius 3 is 2.37 bits per heavy atom. The van der Waals surface area contributed by atoms with E-state index in [0.29, 0.717) is 5.56 Å². The summed E-state index contributed by atoms with van der Waals surface area (Å²) in [5.74, 6) is -1.41. The van der Waals surface area contributed by atoms with E-state index in [1.807, 2.05) is 13.0 Å². The number of fused-ring (bicyclic) bond motifs is 1. The molecular weight excluding hydrogens is 242 g/mol. The van der Waals surface area contributed by atoms with E-state index in [4.69, 9.17) is 0 Å². The third kappa shape index (κ3) is 2.29. The molecule has 2 N–H and O–H groups in total. The van der Waals surface area contributed by atoms with E-state index in [-0.39, 0.29) is 17.0 Å². The summed E-state index contributed by atoms with van der Waals surface area (Å²) in [6.45, 7) is 3.74. The molecule has 0 bridgehead atoms. The van der Waals surface area contributed by atoms with Gasteiger partial charge in [-0.25, -0.2) is 0 Å². The van der Waals surface area contributed by atoms with E-state index in [9.17, 15) is 14.7 Å². The maximum Gasteiger partial charge on any atom is 0.230 e. The molecule has 0 amide bonds. The zero-order valence-corrected chi connectivity index (χ0v) is 10.9. The van der Waals surface area contributed by atoms with Gasteiger partial charge in [0, 0.05) is 16.8 Å². The molecule has 1 aliphatic carbocycles. The van der Waals surface area contributed by atoms with E-state index in [0.717, 1.165) is 12.1 Å². The predicted molar refractivity (Wildman–Crippen MR) is 71.9 cm³/mol. The summed E-state index contributed by atoms with van der Waals surface area (Å²) in [6, 6.07) is 6.48. The summed E-state index contributed by atoms with van der Waals surface area (Å²) in [5.41, 5.74) is 1.24. The van der Waals surface area contributed by atoms with Crippen molar-refractivity contribution in [2.24, 2.45) is 0 Å². The number of aliphatic hydroxyl groups is 1. The van der Waals surface area contributed by atoms with Crippen molar-refractivity contribution in [2.75, 3.05) is 0 Å². The monoisotopic (exact) mass is 257 g/mol. The Labute approximate surface area is 111 Å². The van der Waals surface area contributed by atoms with Crippen LogP contribution < -0.4 is 5.32 Å². The fraction of sp³-hybridized carbons (Fsp3) is 0.200. The van der Waals surface area contributed by atoms with Crippen LogP contribution in [0.4, 0.5) is 0 Å². The smallest absolute Gasteiger partial charge is 0.230 e. The number of benzene rings is 1. The Balaban J connectivity index is 2.46. The molecule has 98 valence electrons. The number of ketones is 2. The molecule has 0 spiro atoms. The van der Waals surface area contributed by atoms with Crippen LogP contribution in [-0.2, 0) is 0 Å². The van der Waals surface area contributed by atoms with Crippen molar-refractivity contribution in [1.82, 2.24) is 5.32 Å². The van der Waals surface area contributed by atoms with Crippen LogP contribution >= 0.6 is 0 Å². The predicted octanol–water partition coefficient (Wildman–Crippen LogP) is 2.74. The largest absolute Gasteiger partial charge is 0.503 e. The second kappa shape index (κ2) is 5.10. The Bertz CT molecular complexity index is 612. The zero-order chi connectivity index (χ0) is 14.0. The minimum Gasteiger partial charge on any atom is -0.503 e. The van der Waals surface area contributed by atoms with Crippen molar-refractivity contribution >= 4 is 11.6 Å². The lowest BCUT2D eigenvalue weighted by molar-refractivity contribution is 0.0924. The maximum atomic E-state index is 12.3. The molecule has 0 radical (unpaired) electrons. The highest BCUT2D eigenvalue weighted by molar-refractivity contribution is 6.25. The van der Waals surface area contributed by atoms with Crippen molar-refractivity contribution in [3.8, 4) is 0 Å². The highest BCUT2D eigenvalue weighted by Crippen LogP contribution is 2.24. The Morgan fingerprint density at radius 2 is 1.79 bits per heavy atom. The van der Waals surface area contributed by atoms with Gasteiger partial charge >= 0.3 is 0 Å². The topological polar surface area (TPSA) is 66.4 Å². The fourth-order valence-electron chi connectivity index (χ4n) is 2.03. The lowest BCUT2D eigenvalue weighted by Crippen LogP contribution is -2.29. The van der Waals surface area contributed by atoms with Crippen molar-refractivity contribution in [1.29, 1.82) is 0 Å². The molecule has 1 aromatic carbocycles. The molecule has 0 aliphatic heterocycles. The molecule has 2 rings (SSSR count). The van der Waals surface area contributed by atoms with Crippen LogP contribution in [0.15, 0.2) is 47.5 Å². The first-order chi connectivity index (χ1) is 9.06. The van der Waals surface area contributed by atoms with Gasteiger partial charge in [-0.05, 0) is 13.3 Å². The second-order valence-electron chi connectivity index (χ2n) is 4.35. The molecule has 0 atom stereocenters. The third-order valence-corrected chi connectivity index (χ3v) is 2.93. The first kappa shape index (κ1) is 13.1. The van der Waals surface area contributed by atoms with Crippen LogP contribution in [0.5, 0.6) is 0 Å². The van der Waals surface area contributed by atoms with Gasteiger partial charge in [0.1, 0.15) is 5.70 Å². The van der Waals surface area contributed by atoms with Crippen molar-refractivity contribution in [3.05, 3.63) is 58.6 Å². The molecule has 0 unspecified atom stereocenters. The first-order valence-corrected chi connectivity index (χ1v) is 6.11. The summed E-state index contributed by atoms with van der Waals surface area (Å²) < 4.78 is 0. The molecular formula is C15H15NO3. The highest BCUT2D eigenvalue weighted by atomic mass is 16.3. The van der Waals surface area contributed by atoms with Crippen LogP contribution in [0.1, 0.15) is 41.0 Å². The molecule has 0 saturated heterocycles. The Morgan fingerprint density at radius 1 is 1.21 bits per heavy atom. The van der Waals surface area contributed by atoms with E-state index in [1.165, 1.54) is 6.07 Å². The molecule has 1 aliphatic rings. The minimum absolute atomic E-state index is 0.0501. The van der Waals surface area contributed by atoms with Crippen LogP contribution in [0.2, 0.25) is 0 Å². The summed E-state index contributed by atoms with van der Waals surface area (Å²) in [5, 5.41) is 12.7. The SMILES string of the molecule is CC/C=C(\C)NC1=C(O)C(=O)c2ccccc2C1=O. The Kier molecular flexibility index (Phi) is 3.51. The lowest BCUT2D eigenvalue weighted by Gasteiger charge is -2.18. The van der Waals surface area contributed by atoms with Crippen molar-refractivity contribution in [3.63, 3.8) is 0 Å². The van der Waals surface area contributed by atoms with Crippen LogP contribution in [-0.4, -0.2) is 16.7 Å². The molecule has 0 fully saturated rings. The van der Waals surface area contributed by atoms with Gasteiger partial charge < -0.3 is 10.4 Å². The second-order valence-corrected chi connectivity index (χ2v) is 4.35. The van der Waals surface area contributed by atoms with Gasteiger partial charge in [-0.15, -0.1) is 0 Å². The summed E-state index contributed by atoms with van der Waals surface area (Å²) in [6.07, 6.45) is 2.67. The van der Waals surface area contributed by atoms with Gasteiger partial charge in [0.25, 0.3) is 0 Å². The number of nitrogens with one attached hydrogen (secondary N) is 1. The van der Waals surface area contributed by atoms with Crippen molar-refractivity contribution in [2.45, 2.75) is 20.3 Å². The summed E-state index contributed by atoms with van der Waals surface area (Å²) >= 11 is 0. The maximum absolute atomic E-state index is 12.3. The molecule has 0 aromatic heterocycles. The average molecular weight is 257 g/mol. The number of Topliss-reactive ketones (excluding diaryl/α,β-unsaturated/α-hetero) is 2. The van der Waals surface area contributed by atoms with Crippen LogP contribution in [0.3, 0.4) is 0 Å². The van der Waals surface area contributed by atoms with Gasteiger partial charge in [-0.2, -0.15) is 0 Å². The normalized spacial score (nSPS) is 15.6. The third-order valence-electron chi connectivity index (χ3n) is 2.93. The number of allylic oxidation sites excluding steroid dienone is 4. The number of carbonyl (C=O) groups excluding carboxylic acids is 2. The fourth-order valence-corrected chi connectivity index (χ4v) is 2.03. The zero-order valence-electron chi connectivity index (χ0n) is 10.9. The van der Waals surface area contributed by atoms with E-state index >= 15 is 0 Å². The quantitative estimate of drug-likeness (QED) is 0.873. The summed E-state index contributed by atoms with van der Waals surface area (Å²) in [4.78, 5) is 24.2. The van der Waals surface area contributed by atoms with E-state index < -0.39 is 11.5 Å². The lowest BCUT2D eigenvalue weighted by atomic mass is 9.91. The summed E-state index contributed by atoms with van der Waals surface area (Å²) in [7, 11) is 0. The number of carbonyl (C=O) groups is 2. The van der Waals surface area contributed by atoms with Gasteiger partial charge in [0.05, 0.1) is 0 Å². The number of rotatable bonds is 3.